The minimum absolute atomic E-state index is 0.134. The van der Waals surface area contributed by atoms with Crippen molar-refractivity contribution in [3.05, 3.63) is 83.3 Å². The Morgan fingerprint density at radius 3 is 2.83 bits per heavy atom. The number of fused-ring (bicyclic) bond motifs is 1. The highest BCUT2D eigenvalue weighted by atomic mass is 19.1. The van der Waals surface area contributed by atoms with Gasteiger partial charge in [0.1, 0.15) is 11.5 Å². The van der Waals surface area contributed by atoms with Crippen molar-refractivity contribution in [2.45, 2.75) is 6.42 Å². The number of amides is 2. The van der Waals surface area contributed by atoms with E-state index in [9.17, 15) is 14.0 Å². The van der Waals surface area contributed by atoms with Crippen LogP contribution in [0.4, 0.5) is 10.1 Å². The van der Waals surface area contributed by atoms with Crippen molar-refractivity contribution in [2.24, 2.45) is 4.99 Å². The monoisotopic (exact) mass is 399 g/mol. The summed E-state index contributed by atoms with van der Waals surface area (Å²) in [5, 5.41) is 2.37. The lowest BCUT2D eigenvalue weighted by Crippen LogP contribution is -2.25. The Labute approximate surface area is 169 Å². The fourth-order valence-electron chi connectivity index (χ4n) is 4.35. The van der Waals surface area contributed by atoms with E-state index in [1.165, 1.54) is 28.9 Å². The molecule has 6 rings (SSSR count). The number of halogens is 1. The molecular formula is C22H14FN5O2. The number of anilines is 1. The van der Waals surface area contributed by atoms with Crippen molar-refractivity contribution < 1.29 is 14.0 Å². The standard InChI is InChI=1S/C22H14FN5O2/c23-13-4-5-16-25-10-15(28(16)11-13)17-18(22(30)26-21(17)29)19-14-3-1-2-12-6-8-27(20(12)14)9-7-24-19/h1-5,7,9-11H,6,8H2,(H,26,29,30). The van der Waals surface area contributed by atoms with Crippen LogP contribution in [0, 0.1) is 5.82 Å². The Bertz CT molecular complexity index is 1380. The largest absolute Gasteiger partial charge is 0.345 e. The molecule has 0 unspecified atom stereocenters. The summed E-state index contributed by atoms with van der Waals surface area (Å²) >= 11 is 0. The summed E-state index contributed by atoms with van der Waals surface area (Å²) in [5.74, 6) is -1.56. The molecule has 0 spiro atoms. The van der Waals surface area contributed by atoms with Crippen LogP contribution in [0.25, 0.3) is 11.2 Å². The van der Waals surface area contributed by atoms with E-state index < -0.39 is 17.6 Å². The highest BCUT2D eigenvalue weighted by molar-refractivity contribution is 6.47. The molecule has 146 valence electrons. The van der Waals surface area contributed by atoms with Gasteiger partial charge < -0.3 is 4.90 Å². The number of benzene rings is 1. The summed E-state index contributed by atoms with van der Waals surface area (Å²) in [7, 11) is 0. The lowest BCUT2D eigenvalue weighted by Gasteiger charge is -2.17. The maximum atomic E-state index is 13.9. The number of carbonyl (C=O) groups excluding carboxylic acids is 2. The van der Waals surface area contributed by atoms with Crippen molar-refractivity contribution in [2.75, 3.05) is 11.4 Å². The molecule has 0 radical (unpaired) electrons. The van der Waals surface area contributed by atoms with Gasteiger partial charge in [0, 0.05) is 30.7 Å². The van der Waals surface area contributed by atoms with Gasteiger partial charge in [-0.1, -0.05) is 18.2 Å². The van der Waals surface area contributed by atoms with Crippen molar-refractivity contribution >= 4 is 34.4 Å². The van der Waals surface area contributed by atoms with E-state index in [1.54, 1.807) is 6.20 Å². The van der Waals surface area contributed by atoms with Gasteiger partial charge in [-0.3, -0.25) is 24.3 Å². The second kappa shape index (κ2) is 5.96. The van der Waals surface area contributed by atoms with Crippen LogP contribution in [0.15, 0.2) is 65.7 Å². The summed E-state index contributed by atoms with van der Waals surface area (Å²) in [5.41, 5.74) is 4.46. The second-order valence-corrected chi connectivity index (χ2v) is 7.28. The number of aromatic nitrogens is 2. The minimum atomic E-state index is -0.554. The molecule has 0 saturated heterocycles. The molecule has 1 aromatic carbocycles. The molecule has 0 bridgehead atoms. The number of para-hydroxylation sites is 1. The van der Waals surface area contributed by atoms with Gasteiger partial charge in [0.2, 0.25) is 0 Å². The highest BCUT2D eigenvalue weighted by Crippen LogP contribution is 2.37. The van der Waals surface area contributed by atoms with E-state index >= 15 is 0 Å². The number of pyridine rings is 1. The summed E-state index contributed by atoms with van der Waals surface area (Å²) in [6.45, 7) is 0.829. The van der Waals surface area contributed by atoms with E-state index in [4.69, 9.17) is 0 Å². The summed E-state index contributed by atoms with van der Waals surface area (Å²) in [6.07, 6.45) is 7.12. The molecule has 0 fully saturated rings. The van der Waals surface area contributed by atoms with Gasteiger partial charge in [-0.05, 0) is 24.1 Å². The first kappa shape index (κ1) is 16.8. The first-order valence-electron chi connectivity index (χ1n) is 9.48. The second-order valence-electron chi connectivity index (χ2n) is 7.28. The smallest absolute Gasteiger partial charge is 0.261 e. The average molecular weight is 399 g/mol. The number of aliphatic imine (C=N–C) groups is 1. The van der Waals surface area contributed by atoms with Crippen LogP contribution >= 0.6 is 0 Å². The van der Waals surface area contributed by atoms with E-state index in [0.717, 1.165) is 29.8 Å². The SMILES string of the molecule is O=C1NC(=O)C(c2cnc3ccc(F)cn23)=C1C1=NC=CN2CCc3cccc1c32. The molecule has 7 nitrogen and oxygen atoms in total. The van der Waals surface area contributed by atoms with Crippen LogP contribution < -0.4 is 10.2 Å². The lowest BCUT2D eigenvalue weighted by atomic mass is 9.94. The predicted octanol–water partition coefficient (Wildman–Crippen LogP) is 2.22. The van der Waals surface area contributed by atoms with Gasteiger partial charge in [-0.15, -0.1) is 0 Å². The van der Waals surface area contributed by atoms with Gasteiger partial charge in [-0.2, -0.15) is 0 Å². The highest BCUT2D eigenvalue weighted by Gasteiger charge is 2.38. The fourth-order valence-corrected chi connectivity index (χ4v) is 4.35. The zero-order valence-corrected chi connectivity index (χ0v) is 15.6. The Kier molecular flexibility index (Phi) is 3.35. The number of imidazole rings is 1. The molecule has 1 N–H and O–H groups in total. The van der Waals surface area contributed by atoms with Crippen molar-refractivity contribution in [1.29, 1.82) is 0 Å². The van der Waals surface area contributed by atoms with E-state index in [0.29, 0.717) is 17.1 Å². The zero-order valence-electron chi connectivity index (χ0n) is 15.6. The summed E-state index contributed by atoms with van der Waals surface area (Å²) in [4.78, 5) is 36.6. The van der Waals surface area contributed by atoms with Crippen molar-refractivity contribution in [1.82, 2.24) is 14.7 Å². The Morgan fingerprint density at radius 1 is 1.07 bits per heavy atom. The average Bonchev–Trinajstić information content (AvgIpc) is 3.36. The third-order valence-electron chi connectivity index (χ3n) is 5.63. The molecular weight excluding hydrogens is 385 g/mol. The minimum Gasteiger partial charge on any atom is -0.345 e. The molecule has 30 heavy (non-hydrogen) atoms. The summed E-state index contributed by atoms with van der Waals surface area (Å²) < 4.78 is 15.4. The zero-order chi connectivity index (χ0) is 20.4. The number of nitrogens with zero attached hydrogens (tertiary/aromatic N) is 4. The fraction of sp³-hybridized carbons (Fsp3) is 0.0909. The Morgan fingerprint density at radius 2 is 1.93 bits per heavy atom. The van der Waals surface area contributed by atoms with Crippen LogP contribution in [0.1, 0.15) is 16.8 Å². The molecule has 8 heteroatoms. The molecule has 2 amide bonds. The van der Waals surface area contributed by atoms with E-state index in [1.807, 2.05) is 18.3 Å². The molecule has 3 aliphatic heterocycles. The number of hydrogen-bond acceptors (Lipinski definition) is 5. The van der Waals surface area contributed by atoms with Gasteiger partial charge in [0.15, 0.2) is 0 Å². The van der Waals surface area contributed by atoms with E-state index in [-0.39, 0.29) is 11.1 Å². The third kappa shape index (κ3) is 2.24. The van der Waals surface area contributed by atoms with Crippen molar-refractivity contribution in [3.63, 3.8) is 0 Å². The topological polar surface area (TPSA) is 79.1 Å². The van der Waals surface area contributed by atoms with Crippen LogP contribution in [0.2, 0.25) is 0 Å². The van der Waals surface area contributed by atoms with Gasteiger partial charge in [0.25, 0.3) is 11.8 Å². The maximum Gasteiger partial charge on any atom is 0.261 e. The first-order valence-corrected chi connectivity index (χ1v) is 9.48. The molecule has 0 saturated carbocycles. The summed E-state index contributed by atoms with van der Waals surface area (Å²) in [6, 6.07) is 8.69. The van der Waals surface area contributed by atoms with Crippen LogP contribution in [0.3, 0.4) is 0 Å². The predicted molar refractivity (Wildman–Crippen MR) is 108 cm³/mol. The molecule has 5 heterocycles. The van der Waals surface area contributed by atoms with Gasteiger partial charge >= 0.3 is 0 Å². The Hall–Kier alpha value is -4.07. The van der Waals surface area contributed by atoms with Crippen LogP contribution in [-0.2, 0) is 16.0 Å². The van der Waals surface area contributed by atoms with Gasteiger partial charge in [-0.25, -0.2) is 9.37 Å². The number of nitrogens with one attached hydrogen (secondary N) is 1. The lowest BCUT2D eigenvalue weighted by molar-refractivity contribution is -0.123. The maximum absolute atomic E-state index is 13.9. The van der Waals surface area contributed by atoms with E-state index in [2.05, 4.69) is 26.3 Å². The molecule has 2 aromatic heterocycles. The normalized spacial score (nSPS) is 17.5. The molecule has 0 aliphatic carbocycles. The third-order valence-corrected chi connectivity index (χ3v) is 5.63. The molecule has 0 atom stereocenters. The van der Waals surface area contributed by atoms with Crippen LogP contribution in [0.5, 0.6) is 0 Å². The number of imide groups is 1. The quantitative estimate of drug-likeness (QED) is 0.671. The van der Waals surface area contributed by atoms with Crippen molar-refractivity contribution in [3.8, 4) is 0 Å². The number of carbonyl (C=O) groups is 2. The molecule has 3 aromatic rings. The first-order chi connectivity index (χ1) is 14.6. The Balaban J connectivity index is 1.64. The molecule has 3 aliphatic rings. The number of hydrogen-bond donors (Lipinski definition) is 1. The van der Waals surface area contributed by atoms with Gasteiger partial charge in [0.05, 0.1) is 34.4 Å². The number of rotatable bonds is 2. The van der Waals surface area contributed by atoms with Crippen LogP contribution in [-0.4, -0.2) is 33.5 Å².